The molecule has 0 aromatic carbocycles. The Labute approximate surface area is 85.0 Å². The summed E-state index contributed by atoms with van der Waals surface area (Å²) in [7, 11) is 0. The topological polar surface area (TPSA) is 94.0 Å². The fraction of sp³-hybridized carbons (Fsp3) is 0. The SMILES string of the molecule is Nc1c(C(=O)O)ccnc1-n1ccnc1. The van der Waals surface area contributed by atoms with Gasteiger partial charge in [0.05, 0.1) is 11.3 Å². The van der Waals surface area contributed by atoms with E-state index in [0.29, 0.717) is 5.82 Å². The highest BCUT2D eigenvalue weighted by atomic mass is 16.4. The Kier molecular flexibility index (Phi) is 2.09. The van der Waals surface area contributed by atoms with Crippen molar-refractivity contribution in [3.63, 3.8) is 0 Å². The largest absolute Gasteiger partial charge is 0.478 e. The zero-order valence-corrected chi connectivity index (χ0v) is 7.66. The lowest BCUT2D eigenvalue weighted by Crippen LogP contribution is -2.08. The Bertz CT molecular complexity index is 493. The van der Waals surface area contributed by atoms with Crippen LogP contribution < -0.4 is 5.73 Å². The minimum Gasteiger partial charge on any atom is -0.478 e. The maximum atomic E-state index is 10.8. The number of nitrogen functional groups attached to an aromatic ring is 1. The third-order valence-electron chi connectivity index (χ3n) is 1.95. The first-order valence-electron chi connectivity index (χ1n) is 4.16. The molecular formula is C9H8N4O2. The molecule has 0 amide bonds. The van der Waals surface area contributed by atoms with Gasteiger partial charge in [0.15, 0.2) is 5.82 Å². The molecule has 15 heavy (non-hydrogen) atoms. The van der Waals surface area contributed by atoms with E-state index in [4.69, 9.17) is 10.8 Å². The molecule has 0 aliphatic rings. The summed E-state index contributed by atoms with van der Waals surface area (Å²) in [6.45, 7) is 0. The van der Waals surface area contributed by atoms with E-state index < -0.39 is 5.97 Å². The van der Waals surface area contributed by atoms with Gasteiger partial charge in [0.25, 0.3) is 0 Å². The van der Waals surface area contributed by atoms with Crippen LogP contribution in [0.3, 0.4) is 0 Å². The van der Waals surface area contributed by atoms with E-state index >= 15 is 0 Å². The van der Waals surface area contributed by atoms with Crippen molar-refractivity contribution >= 4 is 11.7 Å². The number of anilines is 1. The van der Waals surface area contributed by atoms with Gasteiger partial charge >= 0.3 is 5.97 Å². The van der Waals surface area contributed by atoms with Crippen molar-refractivity contribution in [3.8, 4) is 5.82 Å². The second kappa shape index (κ2) is 3.41. The molecule has 0 unspecified atom stereocenters. The van der Waals surface area contributed by atoms with Crippen LogP contribution >= 0.6 is 0 Å². The normalized spacial score (nSPS) is 10.1. The molecule has 0 spiro atoms. The number of carbonyl (C=O) groups is 1. The van der Waals surface area contributed by atoms with Crippen LogP contribution in [0.25, 0.3) is 5.82 Å². The highest BCUT2D eigenvalue weighted by Crippen LogP contribution is 2.18. The molecule has 0 aliphatic heterocycles. The predicted octanol–water partition coefficient (Wildman–Crippen LogP) is 0.548. The van der Waals surface area contributed by atoms with E-state index in [1.165, 1.54) is 18.6 Å². The summed E-state index contributed by atoms with van der Waals surface area (Å²) in [5.41, 5.74) is 5.85. The van der Waals surface area contributed by atoms with Crippen LogP contribution in [0.4, 0.5) is 5.69 Å². The molecule has 0 atom stereocenters. The standard InChI is InChI=1S/C9H8N4O2/c10-7-6(9(14)15)1-2-12-8(7)13-4-3-11-5-13/h1-5H,10H2,(H,14,15). The van der Waals surface area contributed by atoms with Gasteiger partial charge < -0.3 is 10.8 Å². The number of carboxylic acids is 1. The second-order valence-electron chi connectivity index (χ2n) is 2.87. The maximum absolute atomic E-state index is 10.8. The number of pyridine rings is 1. The molecule has 2 aromatic heterocycles. The second-order valence-corrected chi connectivity index (χ2v) is 2.87. The summed E-state index contributed by atoms with van der Waals surface area (Å²) in [5.74, 6) is -0.705. The Morgan fingerprint density at radius 2 is 2.27 bits per heavy atom. The summed E-state index contributed by atoms with van der Waals surface area (Å²) in [6.07, 6.45) is 6.11. The van der Waals surface area contributed by atoms with Gasteiger partial charge in [0.1, 0.15) is 6.33 Å². The predicted molar refractivity (Wildman–Crippen MR) is 52.7 cm³/mol. The van der Waals surface area contributed by atoms with E-state index in [1.54, 1.807) is 17.0 Å². The van der Waals surface area contributed by atoms with Gasteiger partial charge in [0, 0.05) is 18.6 Å². The third kappa shape index (κ3) is 1.52. The van der Waals surface area contributed by atoms with Crippen molar-refractivity contribution < 1.29 is 9.90 Å². The molecule has 76 valence electrons. The fourth-order valence-electron chi connectivity index (χ4n) is 1.24. The Morgan fingerprint density at radius 3 is 2.87 bits per heavy atom. The zero-order valence-electron chi connectivity index (χ0n) is 7.66. The number of imidazole rings is 1. The van der Waals surface area contributed by atoms with Crippen molar-refractivity contribution in [3.05, 3.63) is 36.5 Å². The molecule has 0 saturated carbocycles. The first kappa shape index (κ1) is 9.20. The summed E-state index contributed by atoms with van der Waals surface area (Å²) >= 11 is 0. The summed E-state index contributed by atoms with van der Waals surface area (Å²) < 4.78 is 1.56. The molecule has 2 rings (SSSR count). The van der Waals surface area contributed by atoms with E-state index in [0.717, 1.165) is 0 Å². The van der Waals surface area contributed by atoms with E-state index in [2.05, 4.69) is 9.97 Å². The Morgan fingerprint density at radius 1 is 1.47 bits per heavy atom. The van der Waals surface area contributed by atoms with E-state index in [-0.39, 0.29) is 11.3 Å². The minimum absolute atomic E-state index is 0.0358. The number of nitrogens with two attached hydrogens (primary N) is 1. The molecule has 0 aliphatic carbocycles. The lowest BCUT2D eigenvalue weighted by atomic mass is 10.2. The lowest BCUT2D eigenvalue weighted by molar-refractivity contribution is 0.0698. The average Bonchev–Trinajstić information content (AvgIpc) is 2.70. The van der Waals surface area contributed by atoms with Crippen LogP contribution in [0.1, 0.15) is 10.4 Å². The van der Waals surface area contributed by atoms with Crippen molar-refractivity contribution in [2.24, 2.45) is 0 Å². The summed E-state index contributed by atoms with van der Waals surface area (Å²) in [6, 6.07) is 1.36. The van der Waals surface area contributed by atoms with Crippen LogP contribution in [-0.4, -0.2) is 25.6 Å². The summed E-state index contributed by atoms with van der Waals surface area (Å²) in [5, 5.41) is 8.85. The molecule has 0 bridgehead atoms. The average molecular weight is 204 g/mol. The molecule has 0 radical (unpaired) electrons. The van der Waals surface area contributed by atoms with Crippen LogP contribution in [0.5, 0.6) is 0 Å². The zero-order chi connectivity index (χ0) is 10.8. The summed E-state index contributed by atoms with van der Waals surface area (Å²) in [4.78, 5) is 18.6. The quantitative estimate of drug-likeness (QED) is 0.744. The molecule has 0 fully saturated rings. The van der Waals surface area contributed by atoms with Crippen molar-refractivity contribution in [1.82, 2.24) is 14.5 Å². The number of aromatic carboxylic acids is 1. The maximum Gasteiger partial charge on any atom is 0.337 e. The van der Waals surface area contributed by atoms with Crippen LogP contribution in [0.2, 0.25) is 0 Å². The molecule has 3 N–H and O–H groups in total. The molecule has 0 saturated heterocycles. The van der Waals surface area contributed by atoms with Crippen molar-refractivity contribution in [2.75, 3.05) is 5.73 Å². The molecular weight excluding hydrogens is 196 g/mol. The number of nitrogens with zero attached hydrogens (tertiary/aromatic N) is 3. The number of carboxylic acid groups (broad SMARTS) is 1. The van der Waals surface area contributed by atoms with E-state index in [9.17, 15) is 4.79 Å². The van der Waals surface area contributed by atoms with Gasteiger partial charge in [-0.15, -0.1) is 0 Å². The van der Waals surface area contributed by atoms with Gasteiger partial charge in [-0.25, -0.2) is 14.8 Å². The third-order valence-corrected chi connectivity index (χ3v) is 1.95. The molecule has 2 aromatic rings. The van der Waals surface area contributed by atoms with Crippen LogP contribution in [-0.2, 0) is 0 Å². The smallest absolute Gasteiger partial charge is 0.337 e. The number of aromatic nitrogens is 3. The van der Waals surface area contributed by atoms with Gasteiger partial charge in [0.2, 0.25) is 0 Å². The first-order chi connectivity index (χ1) is 7.20. The first-order valence-corrected chi connectivity index (χ1v) is 4.16. The number of hydrogen-bond acceptors (Lipinski definition) is 4. The lowest BCUT2D eigenvalue weighted by Gasteiger charge is -2.06. The Balaban J connectivity index is 2.59. The highest BCUT2D eigenvalue weighted by molar-refractivity contribution is 5.95. The van der Waals surface area contributed by atoms with Gasteiger partial charge in [-0.2, -0.15) is 0 Å². The molecule has 2 heterocycles. The number of hydrogen-bond donors (Lipinski definition) is 2. The monoisotopic (exact) mass is 204 g/mol. The van der Waals surface area contributed by atoms with Gasteiger partial charge in [-0.05, 0) is 6.07 Å². The number of rotatable bonds is 2. The van der Waals surface area contributed by atoms with Crippen LogP contribution in [0, 0.1) is 0 Å². The van der Waals surface area contributed by atoms with Crippen molar-refractivity contribution in [2.45, 2.75) is 0 Å². The molecule has 6 nitrogen and oxygen atoms in total. The Hall–Kier alpha value is -2.37. The van der Waals surface area contributed by atoms with Gasteiger partial charge in [-0.3, -0.25) is 4.57 Å². The fourth-order valence-corrected chi connectivity index (χ4v) is 1.24. The molecule has 6 heteroatoms. The van der Waals surface area contributed by atoms with Crippen molar-refractivity contribution in [1.29, 1.82) is 0 Å². The van der Waals surface area contributed by atoms with Crippen LogP contribution in [0.15, 0.2) is 31.0 Å². The van der Waals surface area contributed by atoms with E-state index in [1.807, 2.05) is 0 Å². The van der Waals surface area contributed by atoms with Gasteiger partial charge in [-0.1, -0.05) is 0 Å². The highest BCUT2D eigenvalue weighted by Gasteiger charge is 2.12. The minimum atomic E-state index is -1.07.